The maximum Gasteiger partial charge on any atom is 0.123 e. The second-order valence-corrected chi connectivity index (χ2v) is 5.46. The fourth-order valence-electron chi connectivity index (χ4n) is 3.10. The lowest BCUT2D eigenvalue weighted by atomic mass is 10.1. The number of ether oxygens (including phenoxy) is 1. The third-order valence-electron chi connectivity index (χ3n) is 4.15. The van der Waals surface area contributed by atoms with Gasteiger partial charge < -0.3 is 10.1 Å². The van der Waals surface area contributed by atoms with Gasteiger partial charge in [0.05, 0.1) is 0 Å². The number of benzene rings is 1. The van der Waals surface area contributed by atoms with E-state index in [9.17, 15) is 4.39 Å². The standard InChI is InChI=1S/C15H21FN2O/c1-2-13-9-17-5-6-18(13)10-14-8-11-7-12(16)3-4-15(11)19-14/h3-4,7,13-14,17H,2,5-6,8-10H2,1H3. The third kappa shape index (κ3) is 2.74. The molecule has 104 valence electrons. The largest absolute Gasteiger partial charge is 0.488 e. The highest BCUT2D eigenvalue weighted by Crippen LogP contribution is 2.30. The monoisotopic (exact) mass is 264 g/mol. The summed E-state index contributed by atoms with van der Waals surface area (Å²) in [6, 6.07) is 5.42. The van der Waals surface area contributed by atoms with Crippen LogP contribution in [-0.2, 0) is 6.42 Å². The molecule has 1 aromatic rings. The van der Waals surface area contributed by atoms with E-state index in [0.29, 0.717) is 6.04 Å². The summed E-state index contributed by atoms with van der Waals surface area (Å²) >= 11 is 0. The summed E-state index contributed by atoms with van der Waals surface area (Å²) in [7, 11) is 0. The lowest BCUT2D eigenvalue weighted by molar-refractivity contribution is 0.0962. The molecule has 0 aromatic heterocycles. The molecule has 3 rings (SSSR count). The molecular weight excluding hydrogens is 243 g/mol. The predicted octanol–water partition coefficient (Wildman–Crippen LogP) is 1.81. The minimum Gasteiger partial charge on any atom is -0.488 e. The molecule has 2 heterocycles. The van der Waals surface area contributed by atoms with Crippen molar-refractivity contribution in [2.24, 2.45) is 0 Å². The van der Waals surface area contributed by atoms with E-state index in [1.54, 1.807) is 12.1 Å². The van der Waals surface area contributed by atoms with E-state index in [4.69, 9.17) is 4.74 Å². The number of nitrogens with zero attached hydrogens (tertiary/aromatic N) is 1. The molecule has 0 amide bonds. The smallest absolute Gasteiger partial charge is 0.123 e. The van der Waals surface area contributed by atoms with Crippen LogP contribution in [-0.4, -0.2) is 43.2 Å². The van der Waals surface area contributed by atoms with Crippen molar-refractivity contribution < 1.29 is 9.13 Å². The molecule has 0 spiro atoms. The fourth-order valence-corrected chi connectivity index (χ4v) is 3.10. The molecular formula is C15H21FN2O. The molecule has 19 heavy (non-hydrogen) atoms. The molecule has 2 aliphatic heterocycles. The van der Waals surface area contributed by atoms with Gasteiger partial charge in [-0.05, 0) is 24.6 Å². The second-order valence-electron chi connectivity index (χ2n) is 5.46. The molecule has 0 radical (unpaired) electrons. The lowest BCUT2D eigenvalue weighted by Gasteiger charge is -2.36. The van der Waals surface area contributed by atoms with Gasteiger partial charge in [-0.25, -0.2) is 4.39 Å². The van der Waals surface area contributed by atoms with E-state index in [-0.39, 0.29) is 11.9 Å². The summed E-state index contributed by atoms with van der Waals surface area (Å²) in [5.74, 6) is 0.686. The van der Waals surface area contributed by atoms with E-state index >= 15 is 0 Å². The Balaban J connectivity index is 1.63. The molecule has 4 heteroatoms. The van der Waals surface area contributed by atoms with E-state index in [0.717, 1.165) is 50.3 Å². The van der Waals surface area contributed by atoms with Gasteiger partial charge in [-0.15, -0.1) is 0 Å². The van der Waals surface area contributed by atoms with Crippen LogP contribution in [0, 0.1) is 5.82 Å². The first-order valence-electron chi connectivity index (χ1n) is 7.16. The van der Waals surface area contributed by atoms with Crippen molar-refractivity contribution in [3.63, 3.8) is 0 Å². The molecule has 0 aliphatic carbocycles. The summed E-state index contributed by atoms with van der Waals surface area (Å²) in [6.07, 6.45) is 2.15. The molecule has 1 saturated heterocycles. The SMILES string of the molecule is CCC1CNCCN1CC1Cc2cc(F)ccc2O1. The normalized spacial score (nSPS) is 27.1. The number of fused-ring (bicyclic) bond motifs is 1. The number of rotatable bonds is 3. The van der Waals surface area contributed by atoms with Gasteiger partial charge in [0.1, 0.15) is 17.7 Å². The van der Waals surface area contributed by atoms with Crippen LogP contribution in [0.3, 0.4) is 0 Å². The van der Waals surface area contributed by atoms with Crippen LogP contribution >= 0.6 is 0 Å². The minimum absolute atomic E-state index is 0.170. The number of halogens is 1. The van der Waals surface area contributed by atoms with Gasteiger partial charge in [0.15, 0.2) is 0 Å². The molecule has 3 nitrogen and oxygen atoms in total. The highest BCUT2D eigenvalue weighted by atomic mass is 19.1. The average molecular weight is 264 g/mol. The maximum atomic E-state index is 13.2. The summed E-state index contributed by atoms with van der Waals surface area (Å²) in [4.78, 5) is 2.50. The zero-order chi connectivity index (χ0) is 13.2. The van der Waals surface area contributed by atoms with Crippen LogP contribution in [0.25, 0.3) is 0 Å². The summed E-state index contributed by atoms with van der Waals surface area (Å²) in [5.41, 5.74) is 1.01. The van der Waals surface area contributed by atoms with Gasteiger partial charge in [-0.3, -0.25) is 4.90 Å². The quantitative estimate of drug-likeness (QED) is 0.901. The predicted molar refractivity (Wildman–Crippen MR) is 73.0 cm³/mol. The van der Waals surface area contributed by atoms with Crippen molar-refractivity contribution in [3.8, 4) is 5.75 Å². The molecule has 1 N–H and O–H groups in total. The number of piperazine rings is 1. The molecule has 0 saturated carbocycles. The summed E-state index contributed by atoms with van der Waals surface area (Å²) in [6.45, 7) is 6.35. The first kappa shape index (κ1) is 12.9. The number of hydrogen-bond donors (Lipinski definition) is 1. The van der Waals surface area contributed by atoms with Gasteiger partial charge in [0.2, 0.25) is 0 Å². The highest BCUT2D eigenvalue weighted by Gasteiger charge is 2.28. The Bertz CT molecular complexity index is 452. The van der Waals surface area contributed by atoms with Crippen molar-refractivity contribution in [2.45, 2.75) is 31.9 Å². The Morgan fingerprint density at radius 3 is 3.21 bits per heavy atom. The zero-order valence-electron chi connectivity index (χ0n) is 11.4. The van der Waals surface area contributed by atoms with Crippen LogP contribution in [0.15, 0.2) is 18.2 Å². The van der Waals surface area contributed by atoms with Crippen molar-refractivity contribution in [1.82, 2.24) is 10.2 Å². The Morgan fingerprint density at radius 2 is 2.37 bits per heavy atom. The minimum atomic E-state index is -0.170. The molecule has 2 aliphatic rings. The number of hydrogen-bond acceptors (Lipinski definition) is 3. The Morgan fingerprint density at radius 1 is 1.47 bits per heavy atom. The topological polar surface area (TPSA) is 24.5 Å². The van der Waals surface area contributed by atoms with Gasteiger partial charge in [0, 0.05) is 44.2 Å². The van der Waals surface area contributed by atoms with Crippen LogP contribution < -0.4 is 10.1 Å². The molecule has 2 atom stereocenters. The fraction of sp³-hybridized carbons (Fsp3) is 0.600. The van der Waals surface area contributed by atoms with Crippen LogP contribution in [0.5, 0.6) is 5.75 Å². The van der Waals surface area contributed by atoms with Crippen molar-refractivity contribution in [1.29, 1.82) is 0 Å². The molecule has 1 fully saturated rings. The first-order chi connectivity index (χ1) is 9.26. The zero-order valence-corrected chi connectivity index (χ0v) is 11.4. The lowest BCUT2D eigenvalue weighted by Crippen LogP contribution is -2.53. The average Bonchev–Trinajstić information content (AvgIpc) is 2.80. The third-order valence-corrected chi connectivity index (χ3v) is 4.15. The molecule has 2 unspecified atom stereocenters. The van der Waals surface area contributed by atoms with Crippen LogP contribution in [0.2, 0.25) is 0 Å². The van der Waals surface area contributed by atoms with Gasteiger partial charge in [-0.2, -0.15) is 0 Å². The van der Waals surface area contributed by atoms with E-state index < -0.39 is 0 Å². The Kier molecular flexibility index (Phi) is 3.71. The van der Waals surface area contributed by atoms with Crippen molar-refractivity contribution in [3.05, 3.63) is 29.6 Å². The van der Waals surface area contributed by atoms with E-state index in [1.807, 2.05) is 0 Å². The first-order valence-corrected chi connectivity index (χ1v) is 7.16. The van der Waals surface area contributed by atoms with Crippen LogP contribution in [0.4, 0.5) is 4.39 Å². The van der Waals surface area contributed by atoms with Crippen molar-refractivity contribution >= 4 is 0 Å². The molecule has 1 aromatic carbocycles. The molecule has 0 bridgehead atoms. The summed E-state index contributed by atoms with van der Waals surface area (Å²) < 4.78 is 19.1. The van der Waals surface area contributed by atoms with Crippen molar-refractivity contribution in [2.75, 3.05) is 26.2 Å². The number of nitrogens with one attached hydrogen (secondary N) is 1. The van der Waals surface area contributed by atoms with Gasteiger partial charge >= 0.3 is 0 Å². The second kappa shape index (κ2) is 5.47. The highest BCUT2D eigenvalue weighted by molar-refractivity contribution is 5.37. The van der Waals surface area contributed by atoms with Gasteiger partial charge in [-0.1, -0.05) is 6.92 Å². The summed E-state index contributed by atoms with van der Waals surface area (Å²) in [5, 5.41) is 3.43. The van der Waals surface area contributed by atoms with E-state index in [2.05, 4.69) is 17.1 Å². The van der Waals surface area contributed by atoms with Crippen LogP contribution in [0.1, 0.15) is 18.9 Å². The Hall–Kier alpha value is -1.13. The maximum absolute atomic E-state index is 13.2. The Labute approximate surface area is 113 Å². The van der Waals surface area contributed by atoms with E-state index in [1.165, 1.54) is 6.07 Å². The van der Waals surface area contributed by atoms with Gasteiger partial charge in [0.25, 0.3) is 0 Å².